The zero-order chi connectivity index (χ0) is 24.1. The average Bonchev–Trinajstić information content (AvgIpc) is 3.24. The summed E-state index contributed by atoms with van der Waals surface area (Å²) >= 11 is 13.5. The Bertz CT molecular complexity index is 1310. The van der Waals surface area contributed by atoms with Crippen LogP contribution in [0.5, 0.6) is 0 Å². The van der Waals surface area contributed by atoms with Gasteiger partial charge in [-0.15, -0.1) is 10.2 Å². The third-order valence-corrected chi connectivity index (χ3v) is 6.54. The Morgan fingerprint density at radius 1 is 0.971 bits per heavy atom. The molecule has 0 bridgehead atoms. The Hall–Kier alpha value is -3.13. The van der Waals surface area contributed by atoms with Crippen molar-refractivity contribution in [2.24, 2.45) is 5.10 Å². The van der Waals surface area contributed by atoms with Crippen molar-refractivity contribution in [2.75, 3.05) is 5.75 Å². The molecule has 0 aliphatic rings. The summed E-state index contributed by atoms with van der Waals surface area (Å²) in [4.78, 5) is 12.4. The van der Waals surface area contributed by atoms with Crippen LogP contribution in [-0.4, -0.2) is 32.6 Å². The molecule has 1 heterocycles. The second-order valence-electron chi connectivity index (χ2n) is 7.56. The summed E-state index contributed by atoms with van der Waals surface area (Å²) in [6, 6.07) is 21.3. The van der Waals surface area contributed by atoms with Gasteiger partial charge in [-0.2, -0.15) is 5.10 Å². The number of amides is 1. The van der Waals surface area contributed by atoms with Gasteiger partial charge in [0.15, 0.2) is 11.0 Å². The van der Waals surface area contributed by atoms with E-state index in [4.69, 9.17) is 23.2 Å². The van der Waals surface area contributed by atoms with Crippen LogP contribution in [0.4, 0.5) is 0 Å². The van der Waals surface area contributed by atoms with E-state index in [2.05, 4.69) is 20.7 Å². The molecule has 0 spiro atoms. The largest absolute Gasteiger partial charge is 0.272 e. The molecule has 1 amide bonds. The molecular weight excluding hydrogens is 489 g/mol. The van der Waals surface area contributed by atoms with Crippen LogP contribution < -0.4 is 5.43 Å². The zero-order valence-corrected chi connectivity index (χ0v) is 20.8. The number of aromatic nitrogens is 3. The van der Waals surface area contributed by atoms with Crippen molar-refractivity contribution < 1.29 is 4.79 Å². The molecule has 3 aromatic carbocycles. The van der Waals surface area contributed by atoms with Crippen molar-refractivity contribution in [1.29, 1.82) is 0 Å². The third-order valence-electron chi connectivity index (χ3n) is 4.95. The fourth-order valence-corrected chi connectivity index (χ4v) is 4.38. The van der Waals surface area contributed by atoms with Crippen molar-refractivity contribution in [1.82, 2.24) is 20.2 Å². The Balaban J connectivity index is 1.52. The highest BCUT2D eigenvalue weighted by Gasteiger charge is 2.17. The van der Waals surface area contributed by atoms with Crippen molar-refractivity contribution in [3.05, 3.63) is 93.5 Å². The molecule has 34 heavy (non-hydrogen) atoms. The van der Waals surface area contributed by atoms with Gasteiger partial charge in [-0.3, -0.25) is 9.36 Å². The Labute approximate surface area is 212 Å². The average molecular weight is 510 g/mol. The van der Waals surface area contributed by atoms with Crippen LogP contribution in [-0.2, 0) is 4.79 Å². The lowest BCUT2D eigenvalue weighted by Crippen LogP contribution is -2.20. The van der Waals surface area contributed by atoms with Gasteiger partial charge in [-0.05, 0) is 38.1 Å². The molecule has 0 atom stereocenters. The molecule has 0 saturated carbocycles. The van der Waals surface area contributed by atoms with Gasteiger partial charge >= 0.3 is 0 Å². The highest BCUT2D eigenvalue weighted by atomic mass is 35.5. The molecule has 0 radical (unpaired) electrons. The molecule has 4 rings (SSSR count). The van der Waals surface area contributed by atoms with Crippen molar-refractivity contribution in [3.8, 4) is 17.1 Å². The zero-order valence-electron chi connectivity index (χ0n) is 18.5. The lowest BCUT2D eigenvalue weighted by atomic mass is 10.1. The Kier molecular flexibility index (Phi) is 7.67. The van der Waals surface area contributed by atoms with E-state index in [1.165, 1.54) is 18.0 Å². The summed E-state index contributed by atoms with van der Waals surface area (Å²) in [5.74, 6) is 0.517. The number of benzene rings is 3. The van der Waals surface area contributed by atoms with Gasteiger partial charge in [-0.25, -0.2) is 5.43 Å². The lowest BCUT2D eigenvalue weighted by molar-refractivity contribution is -0.118. The Morgan fingerprint density at radius 2 is 1.59 bits per heavy atom. The van der Waals surface area contributed by atoms with Crippen molar-refractivity contribution >= 4 is 47.1 Å². The predicted octanol–water partition coefficient (Wildman–Crippen LogP) is 6.10. The first-order valence-electron chi connectivity index (χ1n) is 10.4. The van der Waals surface area contributed by atoms with Crippen LogP contribution >= 0.6 is 35.0 Å². The maximum atomic E-state index is 12.4. The summed E-state index contributed by atoms with van der Waals surface area (Å²) in [6.07, 6.45) is 1.43. The first-order valence-corrected chi connectivity index (χ1v) is 12.1. The number of aryl methyl sites for hydroxylation is 2. The monoisotopic (exact) mass is 509 g/mol. The first kappa shape index (κ1) is 24.0. The van der Waals surface area contributed by atoms with Gasteiger partial charge in [0.1, 0.15) is 0 Å². The number of rotatable bonds is 7. The second kappa shape index (κ2) is 10.9. The van der Waals surface area contributed by atoms with Crippen LogP contribution in [0.1, 0.15) is 16.7 Å². The molecule has 1 aromatic heterocycles. The van der Waals surface area contributed by atoms with Gasteiger partial charge in [-0.1, -0.05) is 88.6 Å². The normalized spacial score (nSPS) is 11.2. The van der Waals surface area contributed by atoms with Crippen LogP contribution in [0.25, 0.3) is 17.1 Å². The standard InChI is InChI=1S/C25H21Cl2N5OS/c1-16-6-10-18(11-7-16)24-30-31-25(32(24)19-12-8-17(2)9-13-19)34-15-23(33)29-28-14-20-21(26)4-3-5-22(20)27/h3-14H,15H2,1-2H3,(H,29,33). The van der Waals surface area contributed by atoms with Gasteiger partial charge in [0.25, 0.3) is 5.91 Å². The fourth-order valence-electron chi connectivity index (χ4n) is 3.14. The molecule has 4 aromatic rings. The highest BCUT2D eigenvalue weighted by molar-refractivity contribution is 7.99. The minimum Gasteiger partial charge on any atom is -0.272 e. The van der Waals surface area contributed by atoms with E-state index in [1.54, 1.807) is 18.2 Å². The van der Waals surface area contributed by atoms with Crippen LogP contribution in [0.15, 0.2) is 77.0 Å². The summed E-state index contributed by atoms with van der Waals surface area (Å²) in [5.41, 5.74) is 7.22. The molecule has 0 unspecified atom stereocenters. The Morgan fingerprint density at radius 3 is 2.24 bits per heavy atom. The second-order valence-corrected chi connectivity index (χ2v) is 9.32. The molecule has 6 nitrogen and oxygen atoms in total. The summed E-state index contributed by atoms with van der Waals surface area (Å²) in [6.45, 7) is 4.07. The van der Waals surface area contributed by atoms with Crippen LogP contribution in [0.3, 0.4) is 0 Å². The minimum absolute atomic E-state index is 0.103. The molecule has 1 N–H and O–H groups in total. The molecule has 0 saturated heterocycles. The van der Waals surface area contributed by atoms with E-state index in [0.29, 0.717) is 26.6 Å². The summed E-state index contributed by atoms with van der Waals surface area (Å²) in [5, 5.41) is 14.3. The summed E-state index contributed by atoms with van der Waals surface area (Å²) in [7, 11) is 0. The number of hydrogen-bond acceptors (Lipinski definition) is 5. The van der Waals surface area contributed by atoms with Gasteiger partial charge in [0, 0.05) is 16.8 Å². The number of nitrogens with zero attached hydrogens (tertiary/aromatic N) is 4. The topological polar surface area (TPSA) is 72.2 Å². The fraction of sp³-hybridized carbons (Fsp3) is 0.120. The van der Waals surface area contributed by atoms with Crippen LogP contribution in [0.2, 0.25) is 10.0 Å². The molecule has 9 heteroatoms. The van der Waals surface area contributed by atoms with E-state index in [-0.39, 0.29) is 11.7 Å². The van der Waals surface area contributed by atoms with Gasteiger partial charge < -0.3 is 0 Å². The molecular formula is C25H21Cl2N5OS. The third kappa shape index (κ3) is 5.67. The maximum Gasteiger partial charge on any atom is 0.250 e. The maximum absolute atomic E-state index is 12.4. The lowest BCUT2D eigenvalue weighted by Gasteiger charge is -2.11. The van der Waals surface area contributed by atoms with E-state index in [1.807, 2.05) is 66.9 Å². The minimum atomic E-state index is -0.292. The van der Waals surface area contributed by atoms with Crippen molar-refractivity contribution in [3.63, 3.8) is 0 Å². The number of hydrogen-bond donors (Lipinski definition) is 1. The molecule has 0 aliphatic heterocycles. The quantitative estimate of drug-likeness (QED) is 0.185. The first-order chi connectivity index (χ1) is 16.4. The number of halogens is 2. The molecule has 0 fully saturated rings. The SMILES string of the molecule is Cc1ccc(-c2nnc(SCC(=O)NN=Cc3c(Cl)cccc3Cl)n2-c2ccc(C)cc2)cc1. The number of carbonyl (C=O) groups excluding carboxylic acids is 1. The van der Waals surface area contributed by atoms with Gasteiger partial charge in [0.2, 0.25) is 0 Å². The number of hydrazone groups is 1. The van der Waals surface area contributed by atoms with E-state index >= 15 is 0 Å². The predicted molar refractivity (Wildman–Crippen MR) is 139 cm³/mol. The van der Waals surface area contributed by atoms with E-state index in [0.717, 1.165) is 22.4 Å². The smallest absolute Gasteiger partial charge is 0.250 e. The van der Waals surface area contributed by atoms with E-state index < -0.39 is 0 Å². The highest BCUT2D eigenvalue weighted by Crippen LogP contribution is 2.28. The summed E-state index contributed by atoms with van der Waals surface area (Å²) < 4.78 is 1.95. The number of carbonyl (C=O) groups is 1. The number of nitrogens with one attached hydrogen (secondary N) is 1. The van der Waals surface area contributed by atoms with Crippen LogP contribution in [0, 0.1) is 13.8 Å². The molecule has 172 valence electrons. The van der Waals surface area contributed by atoms with E-state index in [9.17, 15) is 4.79 Å². The van der Waals surface area contributed by atoms with Crippen molar-refractivity contribution in [2.45, 2.75) is 19.0 Å². The number of thioether (sulfide) groups is 1. The molecule has 0 aliphatic carbocycles. The van der Waals surface area contributed by atoms with Gasteiger partial charge in [0.05, 0.1) is 22.0 Å².